The highest BCUT2D eigenvalue weighted by molar-refractivity contribution is 5.93. The lowest BCUT2D eigenvalue weighted by molar-refractivity contribution is -0.138. The normalized spacial score (nSPS) is 10.2. The van der Waals surface area contributed by atoms with Gasteiger partial charge in [0.2, 0.25) is 0 Å². The number of aliphatic hydroxyl groups is 1. The molecule has 0 amide bonds. The molecule has 0 atom stereocenters. The van der Waals surface area contributed by atoms with Gasteiger partial charge in [0.1, 0.15) is 0 Å². The van der Waals surface area contributed by atoms with Crippen LogP contribution in [0, 0.1) is 0 Å². The van der Waals surface area contributed by atoms with Crippen molar-refractivity contribution >= 4 is 17.9 Å². The van der Waals surface area contributed by atoms with Gasteiger partial charge in [-0.2, -0.15) is 0 Å². The van der Waals surface area contributed by atoms with E-state index in [0.29, 0.717) is 12.9 Å². The van der Waals surface area contributed by atoms with E-state index in [9.17, 15) is 14.4 Å². The van der Waals surface area contributed by atoms with Gasteiger partial charge in [-0.3, -0.25) is 0 Å². The van der Waals surface area contributed by atoms with Crippen molar-refractivity contribution in [2.24, 2.45) is 0 Å². The molecule has 0 fully saturated rings. The number of rotatable bonds is 6. The van der Waals surface area contributed by atoms with Crippen molar-refractivity contribution in [3.63, 3.8) is 0 Å². The minimum absolute atomic E-state index is 0.164. The number of aliphatic carboxylic acids is 1. The quantitative estimate of drug-likeness (QED) is 0.328. The molecule has 112 valence electrons. The van der Waals surface area contributed by atoms with E-state index in [0.717, 1.165) is 18.2 Å². The topological polar surface area (TPSA) is 110 Å². The van der Waals surface area contributed by atoms with E-state index in [1.165, 1.54) is 0 Å². The van der Waals surface area contributed by atoms with Crippen LogP contribution < -0.4 is 0 Å². The maximum Gasteiger partial charge on any atom is 0.341 e. The highest BCUT2D eigenvalue weighted by Gasteiger charge is 2.06. The van der Waals surface area contributed by atoms with Crippen LogP contribution in [0.5, 0.6) is 0 Å². The lowest BCUT2D eigenvalue weighted by Crippen LogP contribution is -2.06. The van der Waals surface area contributed by atoms with Crippen molar-refractivity contribution in [3.8, 4) is 0 Å². The van der Waals surface area contributed by atoms with Gasteiger partial charge < -0.3 is 19.7 Å². The van der Waals surface area contributed by atoms with E-state index in [2.05, 4.69) is 16.1 Å². The molecule has 0 heterocycles. The minimum atomic E-state index is -1.20. The highest BCUT2D eigenvalue weighted by Crippen LogP contribution is 1.99. The largest absolute Gasteiger partial charge is 0.515 e. The summed E-state index contributed by atoms with van der Waals surface area (Å²) in [4.78, 5) is 31.0. The third-order valence-electron chi connectivity index (χ3n) is 1.51. The molecule has 0 saturated carbocycles. The molecular formula is C13H18O7. The number of carbonyl (C=O) groups is 3. The van der Waals surface area contributed by atoms with Crippen LogP contribution in [0.15, 0.2) is 36.6 Å². The summed E-state index contributed by atoms with van der Waals surface area (Å²) in [6.45, 7) is 7.15. The Hall–Kier alpha value is -2.57. The van der Waals surface area contributed by atoms with E-state index in [-0.39, 0.29) is 18.1 Å². The SMILES string of the molecule is C=CC(=O)OCC.CCOC(=O)C(C=CC(=O)O)=CO. The van der Waals surface area contributed by atoms with Crippen molar-refractivity contribution in [1.82, 2.24) is 0 Å². The lowest BCUT2D eigenvalue weighted by Gasteiger charge is -1.99. The first kappa shape index (κ1) is 19.8. The molecule has 20 heavy (non-hydrogen) atoms. The first-order valence-electron chi connectivity index (χ1n) is 5.64. The molecule has 0 aliphatic rings. The Bertz CT molecular complexity index is 394. The smallest absolute Gasteiger partial charge is 0.341 e. The molecule has 0 aliphatic carbocycles. The molecule has 0 saturated heterocycles. The van der Waals surface area contributed by atoms with E-state index in [1.807, 2.05) is 0 Å². The highest BCUT2D eigenvalue weighted by atomic mass is 16.5. The average Bonchev–Trinajstić information content (AvgIpc) is 2.40. The van der Waals surface area contributed by atoms with E-state index in [1.54, 1.807) is 13.8 Å². The van der Waals surface area contributed by atoms with Gasteiger partial charge in [0.25, 0.3) is 0 Å². The van der Waals surface area contributed by atoms with Crippen molar-refractivity contribution < 1.29 is 34.1 Å². The fourth-order valence-electron chi connectivity index (χ4n) is 0.740. The molecule has 0 rings (SSSR count). The third-order valence-corrected chi connectivity index (χ3v) is 1.51. The van der Waals surface area contributed by atoms with Crippen LogP contribution in [0.3, 0.4) is 0 Å². The van der Waals surface area contributed by atoms with Crippen LogP contribution in [0.2, 0.25) is 0 Å². The van der Waals surface area contributed by atoms with E-state index < -0.39 is 11.9 Å². The van der Waals surface area contributed by atoms with Gasteiger partial charge in [0, 0.05) is 12.2 Å². The Balaban J connectivity index is 0. The van der Waals surface area contributed by atoms with Crippen LogP contribution in [0.1, 0.15) is 13.8 Å². The second-order valence-electron chi connectivity index (χ2n) is 2.93. The maximum absolute atomic E-state index is 10.9. The molecule has 0 spiro atoms. The second kappa shape index (κ2) is 12.9. The van der Waals surface area contributed by atoms with Crippen LogP contribution in [-0.4, -0.2) is 41.3 Å². The third kappa shape index (κ3) is 11.9. The molecule has 0 aromatic heterocycles. The predicted molar refractivity (Wildman–Crippen MR) is 71.0 cm³/mol. The standard InChI is InChI=1S/C8H10O5.C5H8O2/c1-2-13-8(12)6(5-9)3-4-7(10)11;1-3-5(6)7-4-2/h3-5,9H,2H2,1H3,(H,10,11);3H,1,4H2,2H3. The molecule has 2 N–H and O–H groups in total. The summed E-state index contributed by atoms with van der Waals surface area (Å²) < 4.78 is 8.95. The maximum atomic E-state index is 10.9. The molecule has 0 aromatic carbocycles. The van der Waals surface area contributed by atoms with Crippen LogP contribution >= 0.6 is 0 Å². The Morgan fingerprint density at radius 1 is 1.10 bits per heavy atom. The number of ether oxygens (including phenoxy) is 2. The Kier molecular flexibility index (Phi) is 12.7. The van der Waals surface area contributed by atoms with Crippen LogP contribution in [-0.2, 0) is 23.9 Å². The molecule has 7 heteroatoms. The fourth-order valence-corrected chi connectivity index (χ4v) is 0.740. The summed E-state index contributed by atoms with van der Waals surface area (Å²) in [5.41, 5.74) is -0.204. The van der Waals surface area contributed by atoms with Gasteiger partial charge >= 0.3 is 17.9 Å². The Labute approximate surface area is 116 Å². The molecule has 0 aromatic rings. The number of carbonyl (C=O) groups excluding carboxylic acids is 2. The molecule has 0 radical (unpaired) electrons. The first-order chi connectivity index (χ1) is 9.42. The Morgan fingerprint density at radius 3 is 1.95 bits per heavy atom. The fraction of sp³-hybridized carbons (Fsp3) is 0.308. The summed E-state index contributed by atoms with van der Waals surface area (Å²) in [6.07, 6.45) is 3.33. The monoisotopic (exact) mass is 286 g/mol. The Morgan fingerprint density at radius 2 is 1.65 bits per heavy atom. The van der Waals surface area contributed by atoms with Gasteiger partial charge in [-0.1, -0.05) is 6.58 Å². The zero-order chi connectivity index (χ0) is 16.0. The zero-order valence-corrected chi connectivity index (χ0v) is 11.4. The number of carboxylic acids is 1. The molecule has 0 unspecified atom stereocenters. The van der Waals surface area contributed by atoms with Crippen molar-refractivity contribution in [2.75, 3.05) is 13.2 Å². The van der Waals surface area contributed by atoms with Gasteiger partial charge in [-0.25, -0.2) is 14.4 Å². The van der Waals surface area contributed by atoms with Gasteiger partial charge in [-0.05, 0) is 19.9 Å². The van der Waals surface area contributed by atoms with Crippen LogP contribution in [0.4, 0.5) is 0 Å². The predicted octanol–water partition coefficient (Wildman–Crippen LogP) is 1.37. The summed E-state index contributed by atoms with van der Waals surface area (Å²) in [7, 11) is 0. The zero-order valence-electron chi connectivity index (χ0n) is 11.4. The van der Waals surface area contributed by atoms with Crippen molar-refractivity contribution in [2.45, 2.75) is 13.8 Å². The van der Waals surface area contributed by atoms with E-state index in [4.69, 9.17) is 10.2 Å². The summed E-state index contributed by atoms with van der Waals surface area (Å²) in [6, 6.07) is 0. The van der Waals surface area contributed by atoms with Gasteiger partial charge in [-0.15, -0.1) is 0 Å². The second-order valence-corrected chi connectivity index (χ2v) is 2.93. The minimum Gasteiger partial charge on any atom is -0.515 e. The first-order valence-corrected chi connectivity index (χ1v) is 5.64. The van der Waals surface area contributed by atoms with E-state index >= 15 is 0 Å². The van der Waals surface area contributed by atoms with Crippen LogP contribution in [0.25, 0.3) is 0 Å². The number of hydrogen-bond donors (Lipinski definition) is 2. The summed E-state index contributed by atoms with van der Waals surface area (Å²) in [5, 5.41) is 16.8. The molecular weight excluding hydrogens is 268 g/mol. The van der Waals surface area contributed by atoms with Gasteiger partial charge in [0.05, 0.1) is 25.0 Å². The van der Waals surface area contributed by atoms with Gasteiger partial charge in [0.15, 0.2) is 0 Å². The number of esters is 2. The summed E-state index contributed by atoms with van der Waals surface area (Å²) in [5.74, 6) is -2.33. The number of hydrogen-bond acceptors (Lipinski definition) is 6. The molecule has 7 nitrogen and oxygen atoms in total. The lowest BCUT2D eigenvalue weighted by atomic mass is 10.3. The number of carboxylic acid groups (broad SMARTS) is 1. The molecule has 0 aliphatic heterocycles. The average molecular weight is 286 g/mol. The number of aliphatic hydroxyl groups excluding tert-OH is 1. The van der Waals surface area contributed by atoms with Crippen molar-refractivity contribution in [1.29, 1.82) is 0 Å². The molecule has 0 bridgehead atoms. The summed E-state index contributed by atoms with van der Waals surface area (Å²) >= 11 is 0. The van der Waals surface area contributed by atoms with Crippen molar-refractivity contribution in [3.05, 3.63) is 36.6 Å².